The highest BCUT2D eigenvalue weighted by atomic mass is 35.5. The molecular weight excluding hydrogens is 306 g/mol. The normalized spacial score (nSPS) is 15.1. The number of anilines is 1. The van der Waals surface area contributed by atoms with Crippen LogP contribution in [0.1, 0.15) is 10.4 Å². The van der Waals surface area contributed by atoms with Crippen molar-refractivity contribution in [1.29, 1.82) is 0 Å². The molecule has 2 aromatic carbocycles. The van der Waals surface area contributed by atoms with Gasteiger partial charge in [0.1, 0.15) is 0 Å². The van der Waals surface area contributed by atoms with E-state index in [1.807, 2.05) is 18.2 Å². The Morgan fingerprint density at radius 2 is 1.76 bits per heavy atom. The van der Waals surface area contributed by atoms with E-state index >= 15 is 0 Å². The van der Waals surface area contributed by atoms with Gasteiger partial charge >= 0.3 is 0 Å². The molecule has 3 nitrogen and oxygen atoms in total. The van der Waals surface area contributed by atoms with Crippen molar-refractivity contribution >= 4 is 41.2 Å². The number of carbonyl (C=O) groups is 2. The molecule has 1 amide bonds. The third-order valence-electron chi connectivity index (χ3n) is 3.07. The van der Waals surface area contributed by atoms with Crippen molar-refractivity contribution in [3.63, 3.8) is 0 Å². The number of carbonyl (C=O) groups excluding carboxylic acids is 2. The number of hydrogen-bond donors (Lipinski definition) is 0. The minimum absolute atomic E-state index is 0.0589. The Hall–Kier alpha value is -2.04. The van der Waals surface area contributed by atoms with E-state index < -0.39 is 0 Å². The van der Waals surface area contributed by atoms with Crippen molar-refractivity contribution in [2.75, 3.05) is 4.90 Å². The third-order valence-corrected chi connectivity index (χ3v) is 4.41. The molecule has 0 fully saturated rings. The lowest BCUT2D eigenvalue weighted by Crippen LogP contribution is -2.14. The highest BCUT2D eigenvalue weighted by Crippen LogP contribution is 2.40. The summed E-state index contributed by atoms with van der Waals surface area (Å²) < 4.78 is 0. The Labute approximate surface area is 131 Å². The number of allylic oxidation sites excluding steroid dienone is 1. The number of Topliss-reactive ketones (excluding diaryl/α,β-unsaturated/α-hetero) is 1. The highest BCUT2D eigenvalue weighted by Gasteiger charge is 2.26. The number of nitrogens with zero attached hydrogens (tertiary/aromatic N) is 1. The van der Waals surface area contributed by atoms with Crippen molar-refractivity contribution in [2.24, 2.45) is 0 Å². The number of amides is 1. The van der Waals surface area contributed by atoms with Gasteiger partial charge < -0.3 is 0 Å². The molecule has 0 N–H and O–H groups in total. The molecule has 1 heterocycles. The first-order valence-corrected chi connectivity index (χ1v) is 7.41. The van der Waals surface area contributed by atoms with Crippen LogP contribution in [0.3, 0.4) is 0 Å². The maximum atomic E-state index is 12.3. The fraction of sp³-hybridized carbons (Fsp3) is 0. The van der Waals surface area contributed by atoms with Crippen LogP contribution in [-0.2, 0) is 4.79 Å². The van der Waals surface area contributed by atoms with Crippen molar-refractivity contribution in [3.8, 4) is 0 Å². The standard InChI is InChI=1S/C16H10ClNO2S/c17-11-5-7-12(8-6-11)18(10-19)9-15-16(20)13-3-1-2-4-14(13)21-15/h1-10H. The number of hydrogen-bond acceptors (Lipinski definition) is 3. The average molecular weight is 316 g/mol. The van der Waals surface area contributed by atoms with Gasteiger partial charge in [0.25, 0.3) is 0 Å². The third kappa shape index (κ3) is 2.73. The lowest BCUT2D eigenvalue weighted by molar-refractivity contribution is -0.106. The number of ketones is 1. The first-order chi connectivity index (χ1) is 10.2. The summed E-state index contributed by atoms with van der Waals surface area (Å²) in [6.45, 7) is 0. The molecule has 0 spiro atoms. The zero-order valence-corrected chi connectivity index (χ0v) is 12.4. The molecule has 3 rings (SSSR count). The van der Waals surface area contributed by atoms with E-state index in [1.165, 1.54) is 16.7 Å². The molecule has 2 aromatic rings. The van der Waals surface area contributed by atoms with E-state index in [1.54, 1.807) is 36.5 Å². The second-order valence-electron chi connectivity index (χ2n) is 4.41. The minimum atomic E-state index is -0.0589. The molecule has 0 unspecified atom stereocenters. The molecule has 104 valence electrons. The van der Waals surface area contributed by atoms with E-state index in [0.29, 0.717) is 27.6 Å². The second-order valence-corrected chi connectivity index (χ2v) is 5.93. The van der Waals surface area contributed by atoms with Gasteiger partial charge in [-0.1, -0.05) is 35.5 Å². The Morgan fingerprint density at radius 1 is 1.05 bits per heavy atom. The van der Waals surface area contributed by atoms with Crippen molar-refractivity contribution in [2.45, 2.75) is 4.90 Å². The van der Waals surface area contributed by atoms with Gasteiger partial charge in [-0.25, -0.2) is 0 Å². The van der Waals surface area contributed by atoms with Gasteiger partial charge in [-0.15, -0.1) is 0 Å². The maximum Gasteiger partial charge on any atom is 0.218 e. The lowest BCUT2D eigenvalue weighted by Gasteiger charge is -2.13. The quantitative estimate of drug-likeness (QED) is 0.631. The molecule has 0 saturated heterocycles. The molecule has 0 bridgehead atoms. The first kappa shape index (κ1) is 13.9. The van der Waals surface area contributed by atoms with E-state index in [9.17, 15) is 9.59 Å². The molecular formula is C16H10ClNO2S. The zero-order chi connectivity index (χ0) is 14.8. The van der Waals surface area contributed by atoms with E-state index in [2.05, 4.69) is 0 Å². The van der Waals surface area contributed by atoms with Gasteiger partial charge in [0.05, 0.1) is 4.91 Å². The van der Waals surface area contributed by atoms with Gasteiger partial charge in [0, 0.05) is 27.4 Å². The van der Waals surface area contributed by atoms with Gasteiger partial charge in [0.2, 0.25) is 12.2 Å². The van der Waals surface area contributed by atoms with Crippen LogP contribution in [-0.4, -0.2) is 12.2 Å². The zero-order valence-electron chi connectivity index (χ0n) is 10.8. The van der Waals surface area contributed by atoms with Crippen LogP contribution in [0.25, 0.3) is 0 Å². The second kappa shape index (κ2) is 5.76. The number of rotatable bonds is 3. The summed E-state index contributed by atoms with van der Waals surface area (Å²) in [5, 5.41) is 0.593. The summed E-state index contributed by atoms with van der Waals surface area (Å²) in [4.78, 5) is 26.4. The van der Waals surface area contributed by atoms with Gasteiger partial charge in [-0.3, -0.25) is 14.5 Å². The van der Waals surface area contributed by atoms with Gasteiger partial charge in [-0.05, 0) is 36.4 Å². The SMILES string of the molecule is O=CN(C=C1Sc2ccccc2C1=O)c1ccc(Cl)cc1. The Balaban J connectivity index is 1.93. The van der Waals surface area contributed by atoms with Crippen molar-refractivity contribution < 1.29 is 9.59 Å². The number of thioether (sulfide) groups is 1. The van der Waals surface area contributed by atoms with Crippen LogP contribution < -0.4 is 4.90 Å². The Kier molecular flexibility index (Phi) is 3.82. The van der Waals surface area contributed by atoms with Gasteiger partial charge in [0.15, 0.2) is 0 Å². The number of halogens is 1. The monoisotopic (exact) mass is 315 g/mol. The molecule has 0 saturated carbocycles. The van der Waals surface area contributed by atoms with E-state index in [-0.39, 0.29) is 5.78 Å². The van der Waals surface area contributed by atoms with Crippen LogP contribution in [0.2, 0.25) is 5.02 Å². The van der Waals surface area contributed by atoms with Gasteiger partial charge in [-0.2, -0.15) is 0 Å². The molecule has 21 heavy (non-hydrogen) atoms. The molecule has 1 aliphatic heterocycles. The molecule has 5 heteroatoms. The topological polar surface area (TPSA) is 37.4 Å². The first-order valence-electron chi connectivity index (χ1n) is 6.21. The Morgan fingerprint density at radius 3 is 2.43 bits per heavy atom. The molecule has 0 aliphatic carbocycles. The van der Waals surface area contributed by atoms with Crippen LogP contribution in [0.5, 0.6) is 0 Å². The number of fused-ring (bicyclic) bond motifs is 1. The largest absolute Gasteiger partial charge is 0.289 e. The molecule has 0 radical (unpaired) electrons. The predicted molar refractivity (Wildman–Crippen MR) is 84.7 cm³/mol. The number of benzene rings is 2. The minimum Gasteiger partial charge on any atom is -0.289 e. The summed E-state index contributed by atoms with van der Waals surface area (Å²) in [7, 11) is 0. The van der Waals surface area contributed by atoms with Crippen LogP contribution in [0.15, 0.2) is 64.5 Å². The summed E-state index contributed by atoms with van der Waals surface area (Å²) in [6.07, 6.45) is 2.23. The summed E-state index contributed by atoms with van der Waals surface area (Å²) in [5.74, 6) is -0.0589. The maximum absolute atomic E-state index is 12.3. The fourth-order valence-corrected chi connectivity index (χ4v) is 3.18. The fourth-order valence-electron chi connectivity index (χ4n) is 2.03. The van der Waals surface area contributed by atoms with Crippen LogP contribution in [0, 0.1) is 0 Å². The predicted octanol–water partition coefficient (Wildman–Crippen LogP) is 4.13. The van der Waals surface area contributed by atoms with Crippen LogP contribution in [0.4, 0.5) is 5.69 Å². The van der Waals surface area contributed by atoms with Crippen molar-refractivity contribution in [3.05, 3.63) is 70.2 Å². The lowest BCUT2D eigenvalue weighted by atomic mass is 10.1. The highest BCUT2D eigenvalue weighted by molar-refractivity contribution is 8.04. The van der Waals surface area contributed by atoms with E-state index in [0.717, 1.165) is 4.90 Å². The summed E-state index contributed by atoms with van der Waals surface area (Å²) in [5.41, 5.74) is 1.34. The van der Waals surface area contributed by atoms with Crippen LogP contribution >= 0.6 is 23.4 Å². The van der Waals surface area contributed by atoms with Crippen molar-refractivity contribution in [1.82, 2.24) is 0 Å². The molecule has 0 atom stereocenters. The van der Waals surface area contributed by atoms with E-state index in [4.69, 9.17) is 11.6 Å². The molecule has 1 aliphatic rings. The average Bonchev–Trinajstić information content (AvgIpc) is 2.83. The summed E-state index contributed by atoms with van der Waals surface area (Å²) in [6, 6.07) is 14.3. The summed E-state index contributed by atoms with van der Waals surface area (Å²) >= 11 is 7.20. The Bertz CT molecular complexity index is 740. The molecule has 0 aromatic heterocycles. The smallest absolute Gasteiger partial charge is 0.218 e.